The molecule has 0 spiro atoms. The molecular weight excluding hydrogens is 652 g/mol. The van der Waals surface area contributed by atoms with Crippen molar-refractivity contribution in [2.75, 3.05) is 13.2 Å². The van der Waals surface area contributed by atoms with Crippen molar-refractivity contribution < 1.29 is 37.7 Å². The molecule has 9 nitrogen and oxygen atoms in total. The average molecular weight is 689 g/mol. The molecule has 0 radical (unpaired) electrons. The van der Waals surface area contributed by atoms with E-state index in [0.29, 0.717) is 39.9 Å². The summed E-state index contributed by atoms with van der Waals surface area (Å²) in [6, 6.07) is 17.6. The molecule has 0 aromatic heterocycles. The zero-order chi connectivity index (χ0) is 32.6. The van der Waals surface area contributed by atoms with Gasteiger partial charge in [-0.2, -0.15) is 0 Å². The van der Waals surface area contributed by atoms with E-state index in [2.05, 4.69) is 26.8 Å². The molecule has 3 aromatic carbocycles. The number of aliphatic hydroxyl groups is 1. The van der Waals surface area contributed by atoms with Gasteiger partial charge in [0.25, 0.3) is 5.91 Å². The Labute approximate surface area is 269 Å². The number of amides is 1. The third-order valence-electron chi connectivity index (χ3n) is 6.83. The number of esters is 1. The number of nitrogens with zero attached hydrogens (tertiary/aromatic N) is 1. The lowest BCUT2D eigenvalue weighted by atomic mass is 9.83. The number of benzene rings is 3. The molecule has 0 saturated carbocycles. The minimum absolute atomic E-state index is 0.0139. The number of halogens is 3. The lowest BCUT2D eigenvalue weighted by Gasteiger charge is -2.31. The molecule has 0 saturated heterocycles. The largest absolute Gasteiger partial charge is 0.494 e. The predicted octanol–water partition coefficient (Wildman–Crippen LogP) is 5.69. The van der Waals surface area contributed by atoms with Gasteiger partial charge in [-0.1, -0.05) is 40.2 Å². The lowest BCUT2D eigenvalue weighted by Crippen LogP contribution is -2.52. The molecule has 240 valence electrons. The molecule has 1 aliphatic heterocycles. The summed E-state index contributed by atoms with van der Waals surface area (Å²) < 4.78 is 45.4. The second-order valence-corrected chi connectivity index (χ2v) is 12.3. The zero-order valence-electron chi connectivity index (χ0n) is 25.2. The maximum Gasteiger partial charge on any atom is 0.306 e. The van der Waals surface area contributed by atoms with E-state index in [1.54, 1.807) is 57.2 Å². The fourth-order valence-corrected chi connectivity index (χ4v) is 5.20. The highest BCUT2D eigenvalue weighted by molar-refractivity contribution is 9.10. The van der Waals surface area contributed by atoms with Crippen LogP contribution in [0, 0.1) is 11.6 Å². The van der Waals surface area contributed by atoms with E-state index in [1.165, 1.54) is 6.07 Å². The smallest absolute Gasteiger partial charge is 0.306 e. The van der Waals surface area contributed by atoms with Gasteiger partial charge in [0, 0.05) is 41.6 Å². The number of aliphatic hydroxyl groups excluding tert-OH is 1. The molecule has 1 heterocycles. The molecule has 0 fully saturated rings. The minimum atomic E-state index is -1.65. The Morgan fingerprint density at radius 2 is 1.80 bits per heavy atom. The van der Waals surface area contributed by atoms with Crippen molar-refractivity contribution in [2.45, 2.75) is 63.8 Å². The Balaban J connectivity index is 1.69. The normalized spacial score (nSPS) is 17.8. The third-order valence-corrected chi connectivity index (χ3v) is 7.55. The summed E-state index contributed by atoms with van der Waals surface area (Å²) in [4.78, 5) is 31.9. The number of carbonyl (C=O) groups is 2. The molecule has 12 heteroatoms. The van der Waals surface area contributed by atoms with E-state index in [9.17, 15) is 18.4 Å². The van der Waals surface area contributed by atoms with Crippen LogP contribution in [0.25, 0.3) is 0 Å². The van der Waals surface area contributed by atoms with Crippen LogP contribution in [0.15, 0.2) is 76.2 Å². The maximum absolute atomic E-state index is 14.1. The van der Waals surface area contributed by atoms with Crippen molar-refractivity contribution in [3.63, 3.8) is 0 Å². The number of ether oxygens (including phenoxy) is 3. The molecule has 0 unspecified atom stereocenters. The van der Waals surface area contributed by atoms with E-state index in [0.717, 1.165) is 12.1 Å². The molecule has 2 atom stereocenters. The number of hydrogen-bond acceptors (Lipinski definition) is 8. The summed E-state index contributed by atoms with van der Waals surface area (Å²) in [5, 5.41) is 9.02. The third kappa shape index (κ3) is 8.86. The summed E-state index contributed by atoms with van der Waals surface area (Å²) in [6.07, 6.45) is -0.689. The topological polar surface area (TPSA) is 118 Å². The van der Waals surface area contributed by atoms with Gasteiger partial charge in [-0.15, -0.1) is 0 Å². The molecule has 45 heavy (non-hydrogen) atoms. The molecule has 0 aliphatic carbocycles. The van der Waals surface area contributed by atoms with Gasteiger partial charge < -0.3 is 19.3 Å². The van der Waals surface area contributed by atoms with Crippen molar-refractivity contribution in [1.29, 1.82) is 0 Å². The number of rotatable bonds is 13. The van der Waals surface area contributed by atoms with Gasteiger partial charge in [0.05, 0.1) is 6.61 Å². The van der Waals surface area contributed by atoms with Crippen LogP contribution in [-0.4, -0.2) is 47.2 Å². The van der Waals surface area contributed by atoms with Gasteiger partial charge in [-0.3, -0.25) is 15.0 Å². The van der Waals surface area contributed by atoms with Crippen molar-refractivity contribution in [3.8, 4) is 5.75 Å². The van der Waals surface area contributed by atoms with Gasteiger partial charge in [-0.25, -0.2) is 19.2 Å². The van der Waals surface area contributed by atoms with E-state index >= 15 is 0 Å². The van der Waals surface area contributed by atoms with Crippen molar-refractivity contribution in [2.24, 2.45) is 4.99 Å². The first kappa shape index (κ1) is 34.0. The van der Waals surface area contributed by atoms with Crippen LogP contribution in [0.2, 0.25) is 0 Å². The molecule has 4 rings (SSSR count). The summed E-state index contributed by atoms with van der Waals surface area (Å²) in [5.74, 6) is -2.33. The highest BCUT2D eigenvalue weighted by Crippen LogP contribution is 2.45. The Kier molecular flexibility index (Phi) is 11.3. The van der Waals surface area contributed by atoms with Crippen LogP contribution in [-0.2, 0) is 25.6 Å². The second-order valence-electron chi connectivity index (χ2n) is 11.5. The Hall–Kier alpha value is -3.87. The Bertz CT molecular complexity index is 1530. The lowest BCUT2D eigenvalue weighted by molar-refractivity contribution is -0.155. The second kappa shape index (κ2) is 14.9. The number of hydrazine groups is 1. The van der Waals surface area contributed by atoms with Gasteiger partial charge >= 0.3 is 5.97 Å². The molecule has 3 aromatic rings. The Morgan fingerprint density at radius 1 is 1.07 bits per heavy atom. The summed E-state index contributed by atoms with van der Waals surface area (Å²) in [7, 11) is 0. The van der Waals surface area contributed by atoms with E-state index < -0.39 is 40.8 Å². The fraction of sp³-hybridized carbons (Fsp3) is 0.364. The van der Waals surface area contributed by atoms with Crippen LogP contribution in [0.5, 0.6) is 5.75 Å². The monoisotopic (exact) mass is 687 g/mol. The average Bonchev–Trinajstić information content (AvgIpc) is 3.38. The summed E-state index contributed by atoms with van der Waals surface area (Å²) in [5.41, 5.74) is 4.64. The van der Waals surface area contributed by atoms with Crippen LogP contribution >= 0.6 is 15.9 Å². The minimum Gasteiger partial charge on any atom is -0.494 e. The number of carbonyl (C=O) groups excluding carboxylic acids is 2. The highest BCUT2D eigenvalue weighted by atomic mass is 79.9. The standard InChI is InChI=1S/C33H36BrF2N3O6/c1-32(2,3)45-28(41)15-16-33(31(42)39-37-20-21-9-14-26(35)27(36)19-21)29(24-7-4-5-8-25(24)34)44-30(38-33)22-10-12-23(13-11-22)43-18-6-17-40/h4-5,7-14,19,29,37,40H,6,15-18,20H2,1-3H3,(H,39,42)/t29-,33-/m0/s1. The van der Waals surface area contributed by atoms with Gasteiger partial charge in [-0.05, 0) is 75.2 Å². The van der Waals surface area contributed by atoms with Crippen LogP contribution < -0.4 is 15.6 Å². The number of aliphatic imine (C=N–C) groups is 1. The fourth-order valence-electron chi connectivity index (χ4n) is 4.70. The van der Waals surface area contributed by atoms with Gasteiger partial charge in [0.15, 0.2) is 23.3 Å². The van der Waals surface area contributed by atoms with E-state index in [4.69, 9.17) is 24.3 Å². The van der Waals surface area contributed by atoms with Crippen molar-refractivity contribution in [3.05, 3.63) is 99.5 Å². The first-order chi connectivity index (χ1) is 21.4. The van der Waals surface area contributed by atoms with E-state index in [1.807, 2.05) is 12.1 Å². The van der Waals surface area contributed by atoms with Gasteiger partial charge in [0.1, 0.15) is 11.4 Å². The van der Waals surface area contributed by atoms with Gasteiger partial charge in [0.2, 0.25) is 5.90 Å². The quantitative estimate of drug-likeness (QED) is 0.120. The van der Waals surface area contributed by atoms with Crippen molar-refractivity contribution in [1.82, 2.24) is 10.9 Å². The zero-order valence-corrected chi connectivity index (χ0v) is 26.8. The molecule has 1 aliphatic rings. The highest BCUT2D eigenvalue weighted by Gasteiger charge is 2.54. The SMILES string of the molecule is CC(C)(C)OC(=O)CC[C@]1(C(=O)NNCc2ccc(F)c(F)c2)N=C(c2ccc(OCCCO)cc2)O[C@H]1c1ccccc1Br. The number of hydrogen-bond donors (Lipinski definition) is 3. The maximum atomic E-state index is 14.1. The van der Waals surface area contributed by atoms with Crippen molar-refractivity contribution >= 4 is 33.7 Å². The predicted molar refractivity (Wildman–Crippen MR) is 167 cm³/mol. The van der Waals surface area contributed by atoms with Crippen LogP contribution in [0.4, 0.5) is 8.78 Å². The molecule has 1 amide bonds. The van der Waals surface area contributed by atoms with Crippen LogP contribution in [0.1, 0.15) is 62.8 Å². The van der Waals surface area contributed by atoms with E-state index in [-0.39, 0.29) is 31.9 Å². The molecule has 0 bridgehead atoms. The Morgan fingerprint density at radius 3 is 2.47 bits per heavy atom. The van der Waals surface area contributed by atoms with Crippen LogP contribution in [0.3, 0.4) is 0 Å². The number of nitrogens with one attached hydrogen (secondary N) is 2. The molecule has 3 N–H and O–H groups in total. The molecular formula is C33H36BrF2N3O6. The first-order valence-electron chi connectivity index (χ1n) is 14.5. The summed E-state index contributed by atoms with van der Waals surface area (Å²) in [6.45, 7) is 5.62. The first-order valence-corrected chi connectivity index (χ1v) is 15.3. The summed E-state index contributed by atoms with van der Waals surface area (Å²) >= 11 is 3.57.